The normalized spacial score (nSPS) is 13.5. The van der Waals surface area contributed by atoms with Crippen LogP contribution in [0.2, 0.25) is 0 Å². The van der Waals surface area contributed by atoms with Crippen molar-refractivity contribution in [2.75, 3.05) is 12.1 Å². The Morgan fingerprint density at radius 3 is 2.78 bits per heavy atom. The first kappa shape index (κ1) is 14.8. The van der Waals surface area contributed by atoms with E-state index in [0.29, 0.717) is 6.42 Å². The number of ether oxygens (including phenoxy) is 1. The van der Waals surface area contributed by atoms with Crippen molar-refractivity contribution in [3.63, 3.8) is 0 Å². The monoisotopic (exact) mass is 277 g/mol. The van der Waals surface area contributed by atoms with E-state index in [2.05, 4.69) is 4.98 Å². The van der Waals surface area contributed by atoms with Gasteiger partial charge in [-0.2, -0.15) is 4.98 Å². The zero-order valence-corrected chi connectivity index (χ0v) is 10.8. The number of aromatic nitrogens is 2. The van der Waals surface area contributed by atoms with Crippen molar-refractivity contribution >= 4 is 13.4 Å². The third-order valence-corrected chi connectivity index (χ3v) is 2.72. The lowest BCUT2D eigenvalue weighted by Gasteiger charge is -2.17. The molecule has 0 bridgehead atoms. The number of rotatable bonds is 6. The van der Waals surface area contributed by atoms with Gasteiger partial charge in [0.1, 0.15) is 12.2 Å². The minimum Gasteiger partial charge on any atom is -0.383 e. The molecule has 0 aliphatic rings. The number of nitrogen functional groups attached to an aromatic ring is 1. The van der Waals surface area contributed by atoms with Crippen LogP contribution in [0.25, 0.3) is 0 Å². The predicted octanol–water partition coefficient (Wildman–Crippen LogP) is -0.244. The van der Waals surface area contributed by atoms with E-state index in [4.69, 9.17) is 20.3 Å². The summed E-state index contributed by atoms with van der Waals surface area (Å²) in [6.07, 6.45) is 0.842. The molecule has 8 nitrogen and oxygen atoms in total. The van der Waals surface area contributed by atoms with Crippen molar-refractivity contribution in [1.82, 2.24) is 9.55 Å². The van der Waals surface area contributed by atoms with E-state index in [9.17, 15) is 9.36 Å². The molecule has 1 atom stereocenters. The SMILES string of the molecule is CC[C@@H](Cn1ccc(N)nc1=O)OCP(=O)(O)O. The van der Waals surface area contributed by atoms with E-state index in [1.165, 1.54) is 16.8 Å². The summed E-state index contributed by atoms with van der Waals surface area (Å²) < 4.78 is 17.0. The van der Waals surface area contributed by atoms with E-state index in [1.54, 1.807) is 6.92 Å². The third kappa shape index (κ3) is 4.97. The van der Waals surface area contributed by atoms with Gasteiger partial charge in [-0.25, -0.2) is 4.79 Å². The first-order valence-electron chi connectivity index (χ1n) is 5.31. The molecule has 1 rings (SSSR count). The van der Waals surface area contributed by atoms with E-state index in [-0.39, 0.29) is 12.4 Å². The summed E-state index contributed by atoms with van der Waals surface area (Å²) >= 11 is 0. The van der Waals surface area contributed by atoms with Gasteiger partial charge in [-0.15, -0.1) is 0 Å². The van der Waals surface area contributed by atoms with Gasteiger partial charge in [-0.05, 0) is 12.5 Å². The van der Waals surface area contributed by atoms with Gasteiger partial charge in [0.25, 0.3) is 0 Å². The van der Waals surface area contributed by atoms with Gasteiger partial charge < -0.3 is 20.3 Å². The lowest BCUT2D eigenvalue weighted by molar-refractivity contribution is 0.0586. The smallest absolute Gasteiger partial charge is 0.350 e. The summed E-state index contributed by atoms with van der Waals surface area (Å²) in [5, 5.41) is 0. The van der Waals surface area contributed by atoms with E-state index in [1.807, 2.05) is 0 Å². The molecular weight excluding hydrogens is 261 g/mol. The zero-order valence-electron chi connectivity index (χ0n) is 9.89. The average Bonchev–Trinajstić information content (AvgIpc) is 2.25. The lowest BCUT2D eigenvalue weighted by Crippen LogP contribution is -2.29. The Hall–Kier alpha value is -1.21. The van der Waals surface area contributed by atoms with Crippen LogP contribution in [-0.4, -0.2) is 31.8 Å². The summed E-state index contributed by atoms with van der Waals surface area (Å²) in [4.78, 5) is 32.4. The molecule has 0 amide bonds. The molecule has 0 saturated carbocycles. The van der Waals surface area contributed by atoms with Crippen LogP contribution in [0.1, 0.15) is 13.3 Å². The van der Waals surface area contributed by atoms with E-state index in [0.717, 1.165) is 0 Å². The second-order valence-electron chi connectivity index (χ2n) is 3.78. The van der Waals surface area contributed by atoms with Gasteiger partial charge >= 0.3 is 13.3 Å². The van der Waals surface area contributed by atoms with Crippen LogP contribution in [0.4, 0.5) is 5.82 Å². The molecule has 0 aromatic carbocycles. The Morgan fingerprint density at radius 1 is 1.61 bits per heavy atom. The highest BCUT2D eigenvalue weighted by Crippen LogP contribution is 2.34. The quantitative estimate of drug-likeness (QED) is 0.612. The van der Waals surface area contributed by atoms with E-state index >= 15 is 0 Å². The maximum Gasteiger partial charge on any atom is 0.350 e. The first-order chi connectivity index (χ1) is 8.31. The molecule has 0 aliphatic carbocycles. The molecule has 9 heteroatoms. The summed E-state index contributed by atoms with van der Waals surface area (Å²) in [7, 11) is -4.20. The summed E-state index contributed by atoms with van der Waals surface area (Å²) in [5.74, 6) is 0.125. The van der Waals surface area contributed by atoms with Crippen molar-refractivity contribution in [2.24, 2.45) is 0 Å². The van der Waals surface area contributed by atoms with Crippen molar-refractivity contribution < 1.29 is 19.1 Å². The second-order valence-corrected chi connectivity index (χ2v) is 5.37. The highest BCUT2D eigenvalue weighted by atomic mass is 31.2. The van der Waals surface area contributed by atoms with Crippen molar-refractivity contribution in [1.29, 1.82) is 0 Å². The molecule has 102 valence electrons. The summed E-state index contributed by atoms with van der Waals surface area (Å²) in [6.45, 7) is 1.96. The number of nitrogens with zero attached hydrogens (tertiary/aromatic N) is 2. The molecule has 0 aliphatic heterocycles. The fourth-order valence-corrected chi connectivity index (χ4v) is 1.71. The van der Waals surface area contributed by atoms with Gasteiger partial charge in [0.2, 0.25) is 0 Å². The van der Waals surface area contributed by atoms with Gasteiger partial charge in [0, 0.05) is 6.20 Å². The molecule has 1 aromatic rings. The topological polar surface area (TPSA) is 128 Å². The largest absolute Gasteiger partial charge is 0.383 e. The van der Waals surface area contributed by atoms with Crippen LogP contribution in [0.3, 0.4) is 0 Å². The summed E-state index contributed by atoms with van der Waals surface area (Å²) in [6, 6.07) is 1.47. The van der Waals surface area contributed by atoms with Gasteiger partial charge in [-0.3, -0.25) is 9.13 Å². The average molecular weight is 277 g/mol. The van der Waals surface area contributed by atoms with Gasteiger partial charge in [-0.1, -0.05) is 6.92 Å². The van der Waals surface area contributed by atoms with Crippen LogP contribution in [-0.2, 0) is 15.8 Å². The minimum absolute atomic E-state index is 0.125. The third-order valence-electron chi connectivity index (χ3n) is 2.23. The Morgan fingerprint density at radius 2 is 2.28 bits per heavy atom. The Balaban J connectivity index is 2.68. The first-order valence-corrected chi connectivity index (χ1v) is 7.10. The fraction of sp³-hybridized carbons (Fsp3) is 0.556. The maximum absolute atomic E-state index is 11.5. The van der Waals surface area contributed by atoms with Gasteiger partial charge in [0.15, 0.2) is 0 Å². The van der Waals surface area contributed by atoms with Crippen molar-refractivity contribution in [2.45, 2.75) is 26.0 Å². The zero-order chi connectivity index (χ0) is 13.8. The molecule has 1 heterocycles. The molecule has 0 radical (unpaired) electrons. The van der Waals surface area contributed by atoms with Crippen LogP contribution in [0.5, 0.6) is 0 Å². The molecule has 18 heavy (non-hydrogen) atoms. The van der Waals surface area contributed by atoms with Crippen LogP contribution >= 0.6 is 7.60 Å². The standard InChI is InChI=1S/C9H16N3O5P/c1-2-7(17-6-18(14,15)16)5-12-4-3-8(10)11-9(12)13/h3-4,7H,2,5-6H2,1H3,(H2,10,11,13)(H2,14,15,16)/t7-/m0/s1. The molecular formula is C9H16N3O5P. The number of nitrogens with two attached hydrogens (primary N) is 1. The Bertz CT molecular complexity index is 497. The highest BCUT2D eigenvalue weighted by molar-refractivity contribution is 7.51. The van der Waals surface area contributed by atoms with Gasteiger partial charge in [0.05, 0.1) is 12.6 Å². The molecule has 0 saturated heterocycles. The summed E-state index contributed by atoms with van der Waals surface area (Å²) in [5.41, 5.74) is 4.83. The number of anilines is 1. The Kier molecular flexibility index (Phi) is 5.03. The van der Waals surface area contributed by atoms with Crippen LogP contribution < -0.4 is 11.4 Å². The molecule has 0 fully saturated rings. The van der Waals surface area contributed by atoms with Crippen LogP contribution in [0.15, 0.2) is 17.1 Å². The predicted molar refractivity (Wildman–Crippen MR) is 65.0 cm³/mol. The molecule has 0 unspecified atom stereocenters. The maximum atomic E-state index is 11.5. The van der Waals surface area contributed by atoms with E-state index < -0.39 is 25.7 Å². The highest BCUT2D eigenvalue weighted by Gasteiger charge is 2.17. The number of hydrogen-bond acceptors (Lipinski definition) is 5. The number of hydrogen-bond donors (Lipinski definition) is 3. The Labute approximate surface area is 104 Å². The second kappa shape index (κ2) is 6.10. The lowest BCUT2D eigenvalue weighted by atomic mass is 10.3. The van der Waals surface area contributed by atoms with Crippen LogP contribution in [0, 0.1) is 0 Å². The van der Waals surface area contributed by atoms with Crippen molar-refractivity contribution in [3.8, 4) is 0 Å². The fourth-order valence-electron chi connectivity index (χ4n) is 1.30. The molecule has 4 N–H and O–H groups in total. The molecule has 0 spiro atoms. The molecule has 1 aromatic heterocycles. The minimum atomic E-state index is -4.20. The van der Waals surface area contributed by atoms with Crippen molar-refractivity contribution in [3.05, 3.63) is 22.7 Å².